The number of urea groups is 1. The lowest BCUT2D eigenvalue weighted by Crippen LogP contribution is -2.38. The molecule has 0 saturated heterocycles. The maximum Gasteiger partial charge on any atom is 0.322 e. The standard InChI is InChI=1S/C20H25N3O4/c1-4-26-17-10-14-7-9-23(13-15(14)11-18(17)27-5-2)20(24)22-16-6-8-21-19(12-16)25-3/h6,8,10-12H,4-5,7,9,13H2,1-3H3,(H,21,22,24). The lowest BCUT2D eigenvalue weighted by Gasteiger charge is -2.30. The number of hydrogen-bond acceptors (Lipinski definition) is 5. The largest absolute Gasteiger partial charge is 0.490 e. The molecule has 1 aromatic heterocycles. The number of amides is 2. The molecule has 1 aliphatic rings. The van der Waals surface area contributed by atoms with E-state index in [-0.39, 0.29) is 6.03 Å². The smallest absolute Gasteiger partial charge is 0.322 e. The van der Waals surface area contributed by atoms with E-state index in [1.807, 2.05) is 26.0 Å². The number of nitrogens with zero attached hydrogens (tertiary/aromatic N) is 2. The van der Waals surface area contributed by atoms with Crippen molar-refractivity contribution in [1.29, 1.82) is 0 Å². The first kappa shape index (κ1) is 18.8. The summed E-state index contributed by atoms with van der Waals surface area (Å²) in [4.78, 5) is 18.5. The van der Waals surface area contributed by atoms with E-state index in [0.717, 1.165) is 23.5 Å². The molecule has 0 unspecified atom stereocenters. The fourth-order valence-corrected chi connectivity index (χ4v) is 3.08. The van der Waals surface area contributed by atoms with Crippen LogP contribution < -0.4 is 19.5 Å². The van der Waals surface area contributed by atoms with E-state index >= 15 is 0 Å². The Morgan fingerprint density at radius 2 is 1.85 bits per heavy atom. The maximum absolute atomic E-state index is 12.7. The highest BCUT2D eigenvalue weighted by molar-refractivity contribution is 5.89. The molecule has 27 heavy (non-hydrogen) atoms. The first-order valence-corrected chi connectivity index (χ1v) is 9.12. The molecule has 0 atom stereocenters. The van der Waals surface area contributed by atoms with Gasteiger partial charge in [-0.05, 0) is 49.6 Å². The number of benzene rings is 1. The summed E-state index contributed by atoms with van der Waals surface area (Å²) in [7, 11) is 1.54. The Hall–Kier alpha value is -2.96. The molecule has 2 amide bonds. The predicted octanol–water partition coefficient (Wildman–Crippen LogP) is 3.48. The summed E-state index contributed by atoms with van der Waals surface area (Å²) in [5.74, 6) is 1.95. The lowest BCUT2D eigenvalue weighted by molar-refractivity contribution is 0.206. The minimum absolute atomic E-state index is 0.152. The van der Waals surface area contributed by atoms with Gasteiger partial charge in [-0.3, -0.25) is 0 Å². The van der Waals surface area contributed by atoms with Crippen molar-refractivity contribution in [2.75, 3.05) is 32.2 Å². The molecule has 1 aromatic carbocycles. The number of rotatable bonds is 6. The van der Waals surface area contributed by atoms with Crippen LogP contribution in [-0.4, -0.2) is 42.8 Å². The Morgan fingerprint density at radius 1 is 1.15 bits per heavy atom. The van der Waals surface area contributed by atoms with Crippen LogP contribution in [-0.2, 0) is 13.0 Å². The van der Waals surface area contributed by atoms with Gasteiger partial charge in [0.1, 0.15) is 0 Å². The molecule has 1 N–H and O–H groups in total. The molecule has 1 aliphatic heterocycles. The summed E-state index contributed by atoms with van der Waals surface area (Å²) in [6.07, 6.45) is 2.37. The summed E-state index contributed by atoms with van der Waals surface area (Å²) in [6, 6.07) is 7.30. The van der Waals surface area contributed by atoms with E-state index in [1.54, 1.807) is 30.3 Å². The predicted molar refractivity (Wildman–Crippen MR) is 103 cm³/mol. The number of nitrogens with one attached hydrogen (secondary N) is 1. The lowest BCUT2D eigenvalue weighted by atomic mass is 9.99. The molecule has 0 saturated carbocycles. The summed E-state index contributed by atoms with van der Waals surface area (Å²) < 4.78 is 16.5. The van der Waals surface area contributed by atoms with Gasteiger partial charge in [0.2, 0.25) is 5.88 Å². The molecule has 7 heteroatoms. The number of pyridine rings is 1. The van der Waals surface area contributed by atoms with Crippen molar-refractivity contribution in [3.05, 3.63) is 41.6 Å². The van der Waals surface area contributed by atoms with Crippen LogP contribution in [0.3, 0.4) is 0 Å². The number of hydrogen-bond donors (Lipinski definition) is 1. The Labute approximate surface area is 159 Å². The fourth-order valence-electron chi connectivity index (χ4n) is 3.08. The number of anilines is 1. The second kappa shape index (κ2) is 8.62. The van der Waals surface area contributed by atoms with Gasteiger partial charge in [0, 0.05) is 31.0 Å². The Balaban J connectivity index is 1.74. The van der Waals surface area contributed by atoms with Crippen LogP contribution in [0.25, 0.3) is 0 Å². The molecule has 0 radical (unpaired) electrons. The first-order chi connectivity index (χ1) is 13.1. The van der Waals surface area contributed by atoms with Gasteiger partial charge in [-0.1, -0.05) is 0 Å². The summed E-state index contributed by atoms with van der Waals surface area (Å²) in [5.41, 5.74) is 2.92. The molecule has 144 valence electrons. The monoisotopic (exact) mass is 371 g/mol. The normalized spacial score (nSPS) is 12.9. The van der Waals surface area contributed by atoms with Gasteiger partial charge in [0.05, 0.1) is 20.3 Å². The minimum Gasteiger partial charge on any atom is -0.490 e. The van der Waals surface area contributed by atoms with Gasteiger partial charge >= 0.3 is 6.03 Å². The second-order valence-electron chi connectivity index (χ2n) is 6.12. The molecule has 2 aromatic rings. The number of fused-ring (bicyclic) bond motifs is 1. The van der Waals surface area contributed by atoms with E-state index < -0.39 is 0 Å². The van der Waals surface area contributed by atoms with Crippen LogP contribution in [0.4, 0.5) is 10.5 Å². The highest BCUT2D eigenvalue weighted by Gasteiger charge is 2.23. The molecule has 3 rings (SSSR count). The number of aromatic nitrogens is 1. The van der Waals surface area contributed by atoms with Crippen molar-refractivity contribution in [2.45, 2.75) is 26.8 Å². The van der Waals surface area contributed by atoms with Crippen molar-refractivity contribution < 1.29 is 19.0 Å². The highest BCUT2D eigenvalue weighted by atomic mass is 16.5. The van der Waals surface area contributed by atoms with Crippen molar-refractivity contribution >= 4 is 11.7 Å². The zero-order valence-corrected chi connectivity index (χ0v) is 15.9. The quantitative estimate of drug-likeness (QED) is 0.842. The number of carbonyl (C=O) groups excluding carboxylic acids is 1. The van der Waals surface area contributed by atoms with Gasteiger partial charge in [-0.15, -0.1) is 0 Å². The third-order valence-electron chi connectivity index (χ3n) is 4.36. The molecule has 0 aliphatic carbocycles. The summed E-state index contributed by atoms with van der Waals surface area (Å²) in [6.45, 7) is 6.21. The maximum atomic E-state index is 12.7. The second-order valence-corrected chi connectivity index (χ2v) is 6.12. The van der Waals surface area contributed by atoms with E-state index in [1.165, 1.54) is 5.56 Å². The molecular formula is C20H25N3O4. The zero-order valence-electron chi connectivity index (χ0n) is 15.9. The van der Waals surface area contributed by atoms with Gasteiger partial charge in [0.15, 0.2) is 11.5 Å². The van der Waals surface area contributed by atoms with Gasteiger partial charge < -0.3 is 24.4 Å². The van der Waals surface area contributed by atoms with Crippen LogP contribution in [0, 0.1) is 0 Å². The van der Waals surface area contributed by atoms with Crippen molar-refractivity contribution in [1.82, 2.24) is 9.88 Å². The molecule has 0 fully saturated rings. The zero-order chi connectivity index (χ0) is 19.2. The number of methoxy groups -OCH3 is 1. The molecule has 7 nitrogen and oxygen atoms in total. The average Bonchev–Trinajstić information content (AvgIpc) is 2.68. The first-order valence-electron chi connectivity index (χ1n) is 9.12. The van der Waals surface area contributed by atoms with E-state index in [9.17, 15) is 4.79 Å². The van der Waals surface area contributed by atoms with Crippen molar-refractivity contribution in [3.63, 3.8) is 0 Å². The average molecular weight is 371 g/mol. The van der Waals surface area contributed by atoms with Crippen LogP contribution in [0.1, 0.15) is 25.0 Å². The SMILES string of the molecule is CCOc1cc2c(cc1OCC)CN(C(=O)Nc1ccnc(OC)c1)CC2. The van der Waals surface area contributed by atoms with Crippen LogP contribution in [0.5, 0.6) is 17.4 Å². The molecule has 0 bridgehead atoms. The number of carbonyl (C=O) groups is 1. The minimum atomic E-state index is -0.152. The van der Waals surface area contributed by atoms with E-state index in [0.29, 0.717) is 37.9 Å². The van der Waals surface area contributed by atoms with E-state index in [2.05, 4.69) is 10.3 Å². The molecule has 2 heterocycles. The van der Waals surface area contributed by atoms with Crippen LogP contribution in [0.15, 0.2) is 30.5 Å². The molecular weight excluding hydrogens is 346 g/mol. The van der Waals surface area contributed by atoms with E-state index in [4.69, 9.17) is 14.2 Å². The van der Waals surface area contributed by atoms with Crippen molar-refractivity contribution in [3.8, 4) is 17.4 Å². The Bertz CT molecular complexity index is 810. The third-order valence-corrected chi connectivity index (χ3v) is 4.36. The van der Waals surface area contributed by atoms with Gasteiger partial charge in [-0.2, -0.15) is 0 Å². The topological polar surface area (TPSA) is 72.9 Å². The van der Waals surface area contributed by atoms with Crippen LogP contribution >= 0.6 is 0 Å². The Morgan fingerprint density at radius 3 is 2.52 bits per heavy atom. The summed E-state index contributed by atoms with van der Waals surface area (Å²) >= 11 is 0. The third kappa shape index (κ3) is 4.42. The van der Waals surface area contributed by atoms with Crippen LogP contribution in [0.2, 0.25) is 0 Å². The molecule has 0 spiro atoms. The van der Waals surface area contributed by atoms with Gasteiger partial charge in [0.25, 0.3) is 0 Å². The Kier molecular flexibility index (Phi) is 6.01. The fraction of sp³-hybridized carbons (Fsp3) is 0.400. The summed E-state index contributed by atoms with van der Waals surface area (Å²) in [5, 5.41) is 2.90. The van der Waals surface area contributed by atoms with Crippen molar-refractivity contribution in [2.24, 2.45) is 0 Å². The van der Waals surface area contributed by atoms with Gasteiger partial charge in [-0.25, -0.2) is 9.78 Å². The number of ether oxygens (including phenoxy) is 3. The highest BCUT2D eigenvalue weighted by Crippen LogP contribution is 2.34.